The molecule has 0 bridgehead atoms. The van der Waals surface area contributed by atoms with Crippen LogP contribution in [0.25, 0.3) is 0 Å². The van der Waals surface area contributed by atoms with Gasteiger partial charge < -0.3 is 25.2 Å². The van der Waals surface area contributed by atoms with Gasteiger partial charge in [-0.3, -0.25) is 23.4 Å². The first-order valence-electron chi connectivity index (χ1n) is 19.4. The van der Waals surface area contributed by atoms with Gasteiger partial charge in [0.15, 0.2) is 6.10 Å². The summed E-state index contributed by atoms with van der Waals surface area (Å²) in [5.74, 6) is -2.40. The van der Waals surface area contributed by atoms with Crippen molar-refractivity contribution in [3.05, 3.63) is 24.3 Å². The zero-order valence-corrected chi connectivity index (χ0v) is 32.1. The number of unbranched alkanes of at least 4 members (excludes halogenated alkanes) is 18. The molecule has 0 heterocycles. The summed E-state index contributed by atoms with van der Waals surface area (Å²) < 4.78 is 32.4. The largest absolute Gasteiger partial charge is 0.480 e. The first-order valence-corrected chi connectivity index (χ1v) is 20.9. The molecule has 3 unspecified atom stereocenters. The van der Waals surface area contributed by atoms with Crippen LogP contribution in [0, 0.1) is 0 Å². The van der Waals surface area contributed by atoms with E-state index in [1.165, 1.54) is 70.6 Å². The molecule has 0 aliphatic carbocycles. The van der Waals surface area contributed by atoms with Crippen LogP contribution in [0.1, 0.15) is 168 Å². The number of rotatable bonds is 36. The van der Waals surface area contributed by atoms with E-state index >= 15 is 0 Å². The van der Waals surface area contributed by atoms with E-state index in [1.807, 2.05) is 0 Å². The number of allylic oxidation sites excluding steroid dienone is 4. The Hall–Kier alpha value is -2.04. The third-order valence-corrected chi connectivity index (χ3v) is 9.15. The van der Waals surface area contributed by atoms with E-state index in [0.717, 1.165) is 57.8 Å². The number of hydrogen-bond acceptors (Lipinski definition) is 9. The number of carbonyl (C=O) groups excluding carboxylic acids is 2. The van der Waals surface area contributed by atoms with Crippen LogP contribution in [-0.2, 0) is 37.5 Å². The molecule has 0 aromatic rings. The highest BCUT2D eigenvalue weighted by molar-refractivity contribution is 7.47. The number of aliphatic carboxylic acids is 1. The molecule has 0 aliphatic heterocycles. The van der Waals surface area contributed by atoms with Crippen molar-refractivity contribution in [1.82, 2.24) is 0 Å². The van der Waals surface area contributed by atoms with E-state index in [1.54, 1.807) is 0 Å². The minimum atomic E-state index is -4.70. The van der Waals surface area contributed by atoms with Gasteiger partial charge in [0.05, 0.1) is 13.2 Å². The number of carboxylic acid groups (broad SMARTS) is 1. The van der Waals surface area contributed by atoms with E-state index in [2.05, 4.69) is 42.7 Å². The number of ether oxygens (including phenoxy) is 2. The lowest BCUT2D eigenvalue weighted by Gasteiger charge is -2.20. The van der Waals surface area contributed by atoms with E-state index in [9.17, 15) is 23.8 Å². The lowest BCUT2D eigenvalue weighted by molar-refractivity contribution is -0.161. The van der Waals surface area contributed by atoms with Gasteiger partial charge >= 0.3 is 25.7 Å². The van der Waals surface area contributed by atoms with Gasteiger partial charge in [-0.15, -0.1) is 0 Å². The zero-order chi connectivity index (χ0) is 37.1. The van der Waals surface area contributed by atoms with Crippen molar-refractivity contribution in [3.8, 4) is 0 Å². The molecule has 0 aromatic heterocycles. The number of phosphoric acid groups is 1. The summed E-state index contributed by atoms with van der Waals surface area (Å²) in [4.78, 5) is 45.4. The molecule has 0 fully saturated rings. The maximum atomic E-state index is 12.5. The van der Waals surface area contributed by atoms with Gasteiger partial charge in [-0.05, 0) is 44.9 Å². The van der Waals surface area contributed by atoms with Gasteiger partial charge in [-0.25, -0.2) is 4.57 Å². The zero-order valence-electron chi connectivity index (χ0n) is 31.2. The van der Waals surface area contributed by atoms with Crippen LogP contribution in [0.4, 0.5) is 0 Å². The molecule has 12 heteroatoms. The monoisotopic (exact) mass is 731 g/mol. The van der Waals surface area contributed by atoms with Crippen molar-refractivity contribution in [1.29, 1.82) is 0 Å². The molecule has 0 rings (SSSR count). The Morgan fingerprint density at radius 3 is 1.56 bits per heavy atom. The average Bonchev–Trinajstić information content (AvgIpc) is 3.08. The molecule has 292 valence electrons. The van der Waals surface area contributed by atoms with Crippen LogP contribution >= 0.6 is 7.82 Å². The lowest BCUT2D eigenvalue weighted by Crippen LogP contribution is -2.34. The second kappa shape index (κ2) is 34.1. The summed E-state index contributed by atoms with van der Waals surface area (Å²) in [5, 5.41) is 8.83. The Morgan fingerprint density at radius 1 is 0.620 bits per heavy atom. The van der Waals surface area contributed by atoms with Gasteiger partial charge in [0, 0.05) is 12.8 Å². The van der Waals surface area contributed by atoms with E-state index in [0.29, 0.717) is 12.8 Å². The third kappa shape index (κ3) is 33.1. The average molecular weight is 732 g/mol. The van der Waals surface area contributed by atoms with Crippen molar-refractivity contribution >= 4 is 25.7 Å². The molecule has 11 nitrogen and oxygen atoms in total. The van der Waals surface area contributed by atoms with Gasteiger partial charge in [-0.2, -0.15) is 0 Å². The number of nitrogens with two attached hydrogens (primary N) is 1. The van der Waals surface area contributed by atoms with Gasteiger partial charge in [-0.1, -0.05) is 134 Å². The minimum Gasteiger partial charge on any atom is -0.480 e. The number of carboxylic acids is 1. The van der Waals surface area contributed by atoms with E-state index < -0.39 is 51.1 Å². The second-order valence-corrected chi connectivity index (χ2v) is 14.5. The quantitative estimate of drug-likeness (QED) is 0.0242. The summed E-state index contributed by atoms with van der Waals surface area (Å²) >= 11 is 0. The summed E-state index contributed by atoms with van der Waals surface area (Å²) in [6, 6.07) is -1.52. The summed E-state index contributed by atoms with van der Waals surface area (Å²) in [6.07, 6.45) is 33.0. The number of hydrogen-bond donors (Lipinski definition) is 3. The Morgan fingerprint density at radius 2 is 1.06 bits per heavy atom. The normalized spacial score (nSPS) is 14.2. The highest BCUT2D eigenvalue weighted by Crippen LogP contribution is 2.43. The number of phosphoric ester groups is 1. The summed E-state index contributed by atoms with van der Waals surface area (Å²) in [7, 11) is -4.70. The van der Waals surface area contributed by atoms with E-state index in [-0.39, 0.29) is 19.4 Å². The fourth-order valence-electron chi connectivity index (χ4n) is 5.09. The highest BCUT2D eigenvalue weighted by atomic mass is 31.2. The summed E-state index contributed by atoms with van der Waals surface area (Å²) in [5.41, 5.74) is 5.30. The lowest BCUT2D eigenvalue weighted by atomic mass is 10.1. The Labute approximate surface area is 302 Å². The van der Waals surface area contributed by atoms with Crippen LogP contribution in [-0.4, -0.2) is 59.9 Å². The minimum absolute atomic E-state index is 0.158. The predicted octanol–water partition coefficient (Wildman–Crippen LogP) is 9.50. The van der Waals surface area contributed by atoms with Crippen LogP contribution in [0.15, 0.2) is 24.3 Å². The van der Waals surface area contributed by atoms with Crippen LogP contribution in [0.5, 0.6) is 0 Å². The number of esters is 2. The topological polar surface area (TPSA) is 172 Å². The van der Waals surface area contributed by atoms with E-state index in [4.69, 9.17) is 24.8 Å². The van der Waals surface area contributed by atoms with Crippen molar-refractivity contribution in [2.24, 2.45) is 5.73 Å². The van der Waals surface area contributed by atoms with Gasteiger partial charge in [0.25, 0.3) is 0 Å². The van der Waals surface area contributed by atoms with Crippen LogP contribution in [0.2, 0.25) is 0 Å². The molecule has 0 aliphatic rings. The molecular formula is C38H70NO10P. The van der Waals surface area contributed by atoms with Crippen molar-refractivity contribution in [2.45, 2.75) is 180 Å². The molecule has 0 saturated heterocycles. The SMILES string of the molecule is CCCCCCC/C=C\C/C=C\CCCCCCCCCCCC(=O)OC(COC(=O)CCCCCCC)COP(=O)(O)OCC(N)C(=O)O. The molecule has 4 N–H and O–H groups in total. The first-order chi connectivity index (χ1) is 24.1. The maximum Gasteiger partial charge on any atom is 0.472 e. The fourth-order valence-corrected chi connectivity index (χ4v) is 5.87. The third-order valence-electron chi connectivity index (χ3n) is 8.20. The van der Waals surface area contributed by atoms with Crippen molar-refractivity contribution < 1.29 is 47.5 Å². The molecular weight excluding hydrogens is 661 g/mol. The predicted molar refractivity (Wildman–Crippen MR) is 199 cm³/mol. The molecule has 0 aromatic carbocycles. The fraction of sp³-hybridized carbons (Fsp3) is 0.816. The highest BCUT2D eigenvalue weighted by Gasteiger charge is 2.28. The maximum absolute atomic E-state index is 12.5. The van der Waals surface area contributed by atoms with Gasteiger partial charge in [0.2, 0.25) is 0 Å². The summed E-state index contributed by atoms with van der Waals surface area (Å²) in [6.45, 7) is 2.67. The van der Waals surface area contributed by atoms with Crippen molar-refractivity contribution in [2.75, 3.05) is 19.8 Å². The molecule has 3 atom stereocenters. The van der Waals surface area contributed by atoms with Crippen molar-refractivity contribution in [3.63, 3.8) is 0 Å². The Balaban J connectivity index is 4.20. The molecule has 0 spiro atoms. The first kappa shape index (κ1) is 48.0. The second-order valence-electron chi connectivity index (χ2n) is 13.1. The Kier molecular flexibility index (Phi) is 32.7. The molecule has 0 radical (unpaired) electrons. The molecule has 0 saturated carbocycles. The molecule has 50 heavy (non-hydrogen) atoms. The standard InChI is InChI=1S/C38H70NO10P/c1-3-5-7-9-10-11-12-13-14-15-16-17-18-19-20-21-22-23-24-26-28-30-37(41)49-34(31-46-36(40)29-27-25-8-6-4-2)32-47-50(44,45)48-33-35(39)38(42)43/h12-13,15-16,34-35H,3-11,14,17-33,39H2,1-2H3,(H,42,43)(H,44,45)/b13-12-,16-15-. The Bertz CT molecular complexity index is 958. The van der Waals surface area contributed by atoms with Crippen LogP contribution < -0.4 is 5.73 Å². The number of carbonyl (C=O) groups is 3. The molecule has 0 amide bonds. The van der Waals surface area contributed by atoms with Crippen LogP contribution in [0.3, 0.4) is 0 Å². The smallest absolute Gasteiger partial charge is 0.472 e. The van der Waals surface area contributed by atoms with Gasteiger partial charge in [0.1, 0.15) is 12.6 Å².